The van der Waals surface area contributed by atoms with Crippen LogP contribution in [-0.4, -0.2) is 37.5 Å². The second-order valence-electron chi connectivity index (χ2n) is 15.0. The first-order valence-corrected chi connectivity index (χ1v) is 18.0. The van der Waals surface area contributed by atoms with Gasteiger partial charge in [-0.1, -0.05) is 67.5 Å². The Hall–Kier alpha value is -2.84. The van der Waals surface area contributed by atoms with E-state index in [9.17, 15) is 14.7 Å². The summed E-state index contributed by atoms with van der Waals surface area (Å²) in [4.78, 5) is 25.3. The molecule has 2 fully saturated rings. The van der Waals surface area contributed by atoms with Gasteiger partial charge in [0, 0.05) is 21.9 Å². The molecule has 2 aliphatic rings. The summed E-state index contributed by atoms with van der Waals surface area (Å²) in [5.74, 6) is 0.571. The number of aromatic nitrogens is 3. The quantitative estimate of drug-likeness (QED) is 0.127. The number of nitrogens with zero attached hydrogens (tertiary/aromatic N) is 3. The van der Waals surface area contributed by atoms with Gasteiger partial charge in [-0.15, -0.1) is 5.10 Å². The number of rotatable bonds is 13. The average molecular weight is 709 g/mol. The Balaban J connectivity index is 1.18. The van der Waals surface area contributed by atoms with E-state index in [2.05, 4.69) is 73.0 Å². The van der Waals surface area contributed by atoms with E-state index in [1.165, 1.54) is 11.1 Å². The second kappa shape index (κ2) is 15.6. The van der Waals surface area contributed by atoms with Crippen molar-refractivity contribution in [3.63, 3.8) is 0 Å². The second-order valence-corrected chi connectivity index (χ2v) is 15.8. The molecule has 8 heteroatoms. The van der Waals surface area contributed by atoms with Gasteiger partial charge in [0.25, 0.3) is 0 Å². The average Bonchev–Trinajstić information content (AvgIpc) is 3.48. The maximum Gasteiger partial charge on any atom is 0.333 e. The summed E-state index contributed by atoms with van der Waals surface area (Å²) in [5, 5.41) is 19.7. The normalized spacial score (nSPS) is 26.7. The molecule has 1 aromatic carbocycles. The Morgan fingerprint density at radius 3 is 2.38 bits per heavy atom. The third kappa shape index (κ3) is 9.00. The van der Waals surface area contributed by atoms with Crippen molar-refractivity contribution < 1.29 is 19.4 Å². The fourth-order valence-corrected chi connectivity index (χ4v) is 8.65. The number of aliphatic hydroxyl groups is 1. The number of halogens is 1. The zero-order valence-corrected chi connectivity index (χ0v) is 31.0. The zero-order chi connectivity index (χ0) is 34.4. The molecule has 4 rings (SSSR count). The molecule has 1 heterocycles. The number of Topliss-reactive ketones (excluding diaryl/α,β-unsaturated/α-hetero) is 1. The van der Waals surface area contributed by atoms with Gasteiger partial charge in [-0.3, -0.25) is 4.79 Å². The topological polar surface area (TPSA) is 94.3 Å². The van der Waals surface area contributed by atoms with Crippen LogP contribution in [0.5, 0.6) is 0 Å². The van der Waals surface area contributed by atoms with Crippen molar-refractivity contribution in [2.75, 3.05) is 0 Å². The molecule has 2 aromatic rings. The van der Waals surface area contributed by atoms with Crippen LogP contribution >= 0.6 is 15.9 Å². The maximum absolute atomic E-state index is 12.8. The molecule has 0 unspecified atom stereocenters. The van der Waals surface area contributed by atoms with Gasteiger partial charge in [0.15, 0.2) is 0 Å². The summed E-state index contributed by atoms with van der Waals surface area (Å²) in [6.07, 6.45) is 17.1. The van der Waals surface area contributed by atoms with E-state index in [4.69, 9.17) is 4.74 Å². The number of carbonyl (C=O) groups excluding carboxylic acids is 2. The lowest BCUT2D eigenvalue weighted by atomic mass is 9.45. The summed E-state index contributed by atoms with van der Waals surface area (Å²) in [7, 11) is 0. The predicted molar refractivity (Wildman–Crippen MR) is 191 cm³/mol. The minimum absolute atomic E-state index is 0.00776. The summed E-state index contributed by atoms with van der Waals surface area (Å²) >= 11 is 3.51. The van der Waals surface area contributed by atoms with E-state index >= 15 is 0 Å². The van der Waals surface area contributed by atoms with Crippen LogP contribution < -0.4 is 0 Å². The number of para-hydroxylation sites is 1. The van der Waals surface area contributed by atoms with Crippen molar-refractivity contribution in [2.24, 2.45) is 22.7 Å². The van der Waals surface area contributed by atoms with Crippen LogP contribution in [0.25, 0.3) is 5.69 Å². The van der Waals surface area contributed by atoms with Crippen molar-refractivity contribution in [3.05, 3.63) is 75.6 Å². The maximum atomic E-state index is 12.8. The largest absolute Gasteiger partial charge is 0.456 e. The molecule has 4 atom stereocenters. The summed E-state index contributed by atoms with van der Waals surface area (Å²) in [6.45, 7) is 14.8. The molecule has 1 N–H and O–H groups in total. The Labute approximate surface area is 290 Å². The van der Waals surface area contributed by atoms with Gasteiger partial charge in [-0.2, -0.15) is 0 Å². The van der Waals surface area contributed by atoms with Gasteiger partial charge in [0.05, 0.1) is 17.5 Å². The number of hydrogen-bond donors (Lipinski definition) is 1. The van der Waals surface area contributed by atoms with Gasteiger partial charge in [0.1, 0.15) is 18.1 Å². The number of hydrogen-bond acceptors (Lipinski definition) is 6. The molecule has 0 amide bonds. The van der Waals surface area contributed by atoms with Crippen LogP contribution in [0.3, 0.4) is 0 Å². The van der Waals surface area contributed by atoms with Gasteiger partial charge in [0.2, 0.25) is 0 Å². The first kappa shape index (κ1) is 37.0. The smallest absolute Gasteiger partial charge is 0.333 e. The first-order valence-electron chi connectivity index (χ1n) is 17.2. The van der Waals surface area contributed by atoms with Crippen molar-refractivity contribution in [2.45, 2.75) is 125 Å². The van der Waals surface area contributed by atoms with Crippen molar-refractivity contribution in [3.8, 4) is 5.69 Å². The molecule has 47 heavy (non-hydrogen) atoms. The minimum Gasteiger partial charge on any atom is -0.456 e. The standard InChI is InChI=1S/C39H54BrN3O4/c1-27(15-11-17-29(3)36(45)47-26-30-25-43(42-41-30)32-19-9-8-18-31(32)40)13-10-14-28(2)16-12-20-34-38(6)23-22-35(44)37(4,5)33(38)21-24-39(34,7)46/h8-9,13,16-19,25,33-34,46H,10-12,14-15,20-24,26H2,1-7H3/b27-13+,28-16+,29-17+/t33-,34-,38+,39-/m1/s1. The van der Waals surface area contributed by atoms with Crippen molar-refractivity contribution in [1.82, 2.24) is 15.0 Å². The summed E-state index contributed by atoms with van der Waals surface area (Å²) in [5.41, 5.74) is 3.73. The van der Waals surface area contributed by atoms with Crippen molar-refractivity contribution >= 4 is 27.7 Å². The van der Waals surface area contributed by atoms with Crippen LogP contribution in [0, 0.1) is 22.7 Å². The number of benzene rings is 1. The molecular formula is C39H54BrN3O4. The number of carbonyl (C=O) groups is 2. The van der Waals surface area contributed by atoms with Crippen LogP contribution in [0.15, 0.2) is 69.9 Å². The highest BCUT2D eigenvalue weighted by Crippen LogP contribution is 2.62. The first-order chi connectivity index (χ1) is 22.1. The van der Waals surface area contributed by atoms with Gasteiger partial charge in [-0.25, -0.2) is 9.48 Å². The minimum atomic E-state index is -0.686. The predicted octanol–water partition coefficient (Wildman–Crippen LogP) is 9.43. The Kier molecular flexibility index (Phi) is 12.3. The lowest BCUT2D eigenvalue weighted by molar-refractivity contribution is -0.177. The third-order valence-corrected chi connectivity index (χ3v) is 11.7. The zero-order valence-electron chi connectivity index (χ0n) is 29.4. The third-order valence-electron chi connectivity index (χ3n) is 11.0. The summed E-state index contributed by atoms with van der Waals surface area (Å²) in [6, 6.07) is 7.72. The van der Waals surface area contributed by atoms with E-state index in [1.807, 2.05) is 37.3 Å². The van der Waals surface area contributed by atoms with E-state index in [0.717, 1.165) is 67.9 Å². The number of ether oxygens (including phenoxy) is 1. The summed E-state index contributed by atoms with van der Waals surface area (Å²) < 4.78 is 8.02. The molecule has 2 aliphatic carbocycles. The van der Waals surface area contributed by atoms with Crippen molar-refractivity contribution in [1.29, 1.82) is 0 Å². The number of ketones is 1. The molecule has 0 spiro atoms. The molecule has 0 radical (unpaired) electrons. The Bertz CT molecular complexity index is 1520. The molecule has 0 saturated heterocycles. The lowest BCUT2D eigenvalue weighted by Gasteiger charge is -2.60. The van der Waals surface area contributed by atoms with E-state index in [-0.39, 0.29) is 29.3 Å². The highest BCUT2D eigenvalue weighted by atomic mass is 79.9. The fourth-order valence-electron chi connectivity index (χ4n) is 8.19. The molecule has 256 valence electrons. The molecule has 2 saturated carbocycles. The highest BCUT2D eigenvalue weighted by molar-refractivity contribution is 9.10. The lowest BCUT2D eigenvalue weighted by Crippen LogP contribution is -2.59. The Morgan fingerprint density at radius 1 is 1.02 bits per heavy atom. The van der Waals surface area contributed by atoms with E-state index in [1.54, 1.807) is 17.8 Å². The fraction of sp³-hybridized carbons (Fsp3) is 0.590. The van der Waals surface area contributed by atoms with Crippen LogP contribution in [0.1, 0.15) is 118 Å². The SMILES string of the molecule is C/C(=C\CC/C(C)=C/CC[C@@H]1[C@@]2(C)CCC(=O)C(C)(C)[C@H]2CC[C@@]1(C)O)CC/C=C(\C)C(=O)OCc1cn(-c2ccccc2Br)nn1. The molecular weight excluding hydrogens is 654 g/mol. The molecule has 1 aromatic heterocycles. The van der Waals surface area contributed by atoms with Gasteiger partial charge in [-0.05, 0) is 131 Å². The van der Waals surface area contributed by atoms with E-state index < -0.39 is 5.60 Å². The Morgan fingerprint density at radius 2 is 1.68 bits per heavy atom. The van der Waals surface area contributed by atoms with E-state index in [0.29, 0.717) is 29.4 Å². The number of fused-ring (bicyclic) bond motifs is 1. The number of allylic oxidation sites excluding steroid dienone is 5. The van der Waals surface area contributed by atoms with Crippen LogP contribution in [0.4, 0.5) is 0 Å². The molecule has 7 nitrogen and oxygen atoms in total. The van der Waals surface area contributed by atoms with Gasteiger partial charge >= 0.3 is 5.97 Å². The molecule has 0 bridgehead atoms. The number of esters is 1. The van der Waals surface area contributed by atoms with Gasteiger partial charge < -0.3 is 9.84 Å². The monoisotopic (exact) mass is 707 g/mol. The van der Waals surface area contributed by atoms with Crippen LogP contribution in [-0.2, 0) is 20.9 Å². The molecule has 0 aliphatic heterocycles. The van der Waals surface area contributed by atoms with Crippen LogP contribution in [0.2, 0.25) is 0 Å². The highest BCUT2D eigenvalue weighted by Gasteiger charge is 2.59.